The molecule has 0 aliphatic carbocycles. The fourth-order valence-corrected chi connectivity index (χ4v) is 3.81. The molecule has 1 aliphatic heterocycles. The molecule has 1 aliphatic rings. The van der Waals surface area contributed by atoms with Crippen molar-refractivity contribution in [2.75, 3.05) is 10.0 Å². The number of pyridine rings is 1. The Labute approximate surface area is 145 Å². The van der Waals surface area contributed by atoms with Gasteiger partial charge in [-0.3, -0.25) is 9.52 Å². The highest BCUT2D eigenvalue weighted by Gasteiger charge is 2.28. The van der Waals surface area contributed by atoms with E-state index in [1.807, 2.05) is 0 Å². The summed E-state index contributed by atoms with van der Waals surface area (Å²) in [5.74, 6) is -0.270. The van der Waals surface area contributed by atoms with Gasteiger partial charge in [-0.05, 0) is 41.7 Å². The number of hydrogen-bond acceptors (Lipinski definition) is 6. The van der Waals surface area contributed by atoms with Gasteiger partial charge in [0.1, 0.15) is 0 Å². The van der Waals surface area contributed by atoms with Crippen LogP contribution >= 0.6 is 0 Å². The first kappa shape index (κ1) is 17.4. The number of carbonyl (C=O) groups excluding carboxylic acids is 1. The molecule has 3 N–H and O–H groups in total. The zero-order chi connectivity index (χ0) is 18.2. The Bertz CT molecular complexity index is 948. The highest BCUT2D eigenvalue weighted by molar-refractivity contribution is 7.92. The van der Waals surface area contributed by atoms with E-state index in [0.717, 1.165) is 5.56 Å². The average molecular weight is 361 g/mol. The number of benzene rings is 1. The van der Waals surface area contributed by atoms with Gasteiger partial charge in [0.25, 0.3) is 10.0 Å². The van der Waals surface area contributed by atoms with Crippen molar-refractivity contribution in [2.45, 2.75) is 25.5 Å². The normalized spacial score (nSPS) is 13.5. The molecule has 2 heterocycles. The second kappa shape index (κ2) is 6.47. The molecule has 0 atom stereocenters. The van der Waals surface area contributed by atoms with Crippen LogP contribution in [0.3, 0.4) is 0 Å². The third-order valence-corrected chi connectivity index (χ3v) is 5.11. The van der Waals surface area contributed by atoms with Gasteiger partial charge in [-0.2, -0.15) is 8.42 Å². The first-order valence-electron chi connectivity index (χ1n) is 7.46. The largest absolute Gasteiger partial charge is 0.491 e. The Hall–Kier alpha value is -2.43. The standard InChI is InChI=1S/C15H16BN3O5S/c1-9-5-13(18-10(2)20)7-17-15(9)25(22,23)19-12-4-3-11-8-24-16(21)14(11)6-12/h3-7,19,21H,8H2,1-2H3,(H,18,20). The maximum Gasteiger partial charge on any atom is 0.491 e. The molecule has 0 fully saturated rings. The maximum atomic E-state index is 12.6. The van der Waals surface area contributed by atoms with Crippen molar-refractivity contribution < 1.29 is 22.9 Å². The summed E-state index contributed by atoms with van der Waals surface area (Å²) in [7, 11) is -4.98. The van der Waals surface area contributed by atoms with E-state index in [9.17, 15) is 18.2 Å². The number of aryl methyl sites for hydroxylation is 1. The van der Waals surface area contributed by atoms with Gasteiger partial charge in [-0.25, -0.2) is 4.98 Å². The number of nitrogens with one attached hydrogen (secondary N) is 2. The molecule has 1 amide bonds. The van der Waals surface area contributed by atoms with Crippen LogP contribution in [0.5, 0.6) is 0 Å². The van der Waals surface area contributed by atoms with Crippen LogP contribution < -0.4 is 15.5 Å². The minimum atomic E-state index is -3.92. The van der Waals surface area contributed by atoms with E-state index in [1.54, 1.807) is 19.1 Å². The summed E-state index contributed by atoms with van der Waals surface area (Å²) in [6, 6.07) is 6.36. The lowest BCUT2D eigenvalue weighted by molar-refractivity contribution is -0.114. The topological polar surface area (TPSA) is 118 Å². The molecule has 0 bridgehead atoms. The molecule has 1 aromatic heterocycles. The Balaban J connectivity index is 1.87. The second-order valence-corrected chi connectivity index (χ2v) is 7.31. The van der Waals surface area contributed by atoms with Crippen molar-refractivity contribution in [3.63, 3.8) is 0 Å². The fraction of sp³-hybridized carbons (Fsp3) is 0.200. The first-order chi connectivity index (χ1) is 11.8. The molecule has 130 valence electrons. The van der Waals surface area contributed by atoms with E-state index < -0.39 is 17.1 Å². The minimum Gasteiger partial charge on any atom is -0.423 e. The van der Waals surface area contributed by atoms with Crippen molar-refractivity contribution in [3.05, 3.63) is 41.6 Å². The van der Waals surface area contributed by atoms with Gasteiger partial charge >= 0.3 is 7.12 Å². The summed E-state index contributed by atoms with van der Waals surface area (Å²) in [6.45, 7) is 3.23. The summed E-state index contributed by atoms with van der Waals surface area (Å²) in [5.41, 5.74) is 2.45. The molecular formula is C15H16BN3O5S. The molecule has 0 spiro atoms. The van der Waals surface area contributed by atoms with Crippen LogP contribution in [0.2, 0.25) is 0 Å². The number of rotatable bonds is 4. The van der Waals surface area contributed by atoms with Crippen LogP contribution in [0.15, 0.2) is 35.5 Å². The number of sulfonamides is 1. The third-order valence-electron chi connectivity index (χ3n) is 3.67. The van der Waals surface area contributed by atoms with Gasteiger partial charge in [-0.15, -0.1) is 0 Å². The van der Waals surface area contributed by atoms with Gasteiger partial charge in [0.2, 0.25) is 5.91 Å². The third kappa shape index (κ3) is 3.65. The quantitative estimate of drug-likeness (QED) is 0.677. The van der Waals surface area contributed by atoms with Gasteiger partial charge in [0.15, 0.2) is 5.03 Å². The molecule has 0 radical (unpaired) electrons. The lowest BCUT2D eigenvalue weighted by Gasteiger charge is -2.12. The van der Waals surface area contributed by atoms with E-state index in [1.165, 1.54) is 25.3 Å². The minimum absolute atomic E-state index is 0.140. The smallest absolute Gasteiger partial charge is 0.423 e. The zero-order valence-electron chi connectivity index (χ0n) is 13.6. The molecule has 25 heavy (non-hydrogen) atoms. The fourth-order valence-electron chi connectivity index (χ4n) is 2.60. The molecule has 1 aromatic carbocycles. The highest BCUT2D eigenvalue weighted by Crippen LogP contribution is 2.21. The van der Waals surface area contributed by atoms with E-state index in [2.05, 4.69) is 15.0 Å². The summed E-state index contributed by atoms with van der Waals surface area (Å²) in [5, 5.41) is 12.1. The van der Waals surface area contributed by atoms with Crippen molar-refractivity contribution in [1.29, 1.82) is 0 Å². The second-order valence-electron chi connectivity index (χ2n) is 5.71. The van der Waals surface area contributed by atoms with Gasteiger partial charge in [0.05, 0.1) is 18.5 Å². The number of amides is 1. The Morgan fingerprint density at radius 3 is 2.76 bits per heavy atom. The molecule has 3 rings (SSSR count). The van der Waals surface area contributed by atoms with Crippen LogP contribution in [0, 0.1) is 6.92 Å². The predicted molar refractivity (Wildman–Crippen MR) is 92.9 cm³/mol. The van der Waals surface area contributed by atoms with Gasteiger partial charge < -0.3 is 15.0 Å². The van der Waals surface area contributed by atoms with Gasteiger partial charge in [-0.1, -0.05) is 6.07 Å². The maximum absolute atomic E-state index is 12.6. The van der Waals surface area contributed by atoms with Gasteiger partial charge in [0, 0.05) is 12.6 Å². The lowest BCUT2D eigenvalue weighted by Crippen LogP contribution is -2.28. The van der Waals surface area contributed by atoms with E-state index in [4.69, 9.17) is 4.65 Å². The SMILES string of the molecule is CC(=O)Nc1cnc(S(=O)(=O)Nc2ccc3c(c2)B(O)OC3)c(C)c1. The summed E-state index contributed by atoms with van der Waals surface area (Å²) in [6.07, 6.45) is 1.28. The van der Waals surface area contributed by atoms with Crippen molar-refractivity contribution >= 4 is 39.9 Å². The summed E-state index contributed by atoms with van der Waals surface area (Å²) >= 11 is 0. The Kier molecular flexibility index (Phi) is 4.50. The summed E-state index contributed by atoms with van der Waals surface area (Å²) in [4.78, 5) is 15.0. The molecule has 2 aromatic rings. The average Bonchev–Trinajstić information content (AvgIpc) is 2.87. The number of fused-ring (bicyclic) bond motifs is 1. The highest BCUT2D eigenvalue weighted by atomic mass is 32.2. The molecule has 8 nitrogen and oxygen atoms in total. The van der Waals surface area contributed by atoms with Crippen LogP contribution in [-0.4, -0.2) is 31.5 Å². The van der Waals surface area contributed by atoms with Crippen LogP contribution in [0.1, 0.15) is 18.1 Å². The van der Waals surface area contributed by atoms with Crippen LogP contribution in [0.25, 0.3) is 0 Å². The molecule has 10 heteroatoms. The van der Waals surface area contributed by atoms with E-state index >= 15 is 0 Å². The monoisotopic (exact) mass is 361 g/mol. The summed E-state index contributed by atoms with van der Waals surface area (Å²) < 4.78 is 32.7. The number of carbonyl (C=O) groups is 1. The lowest BCUT2D eigenvalue weighted by atomic mass is 9.79. The molecular weight excluding hydrogens is 345 g/mol. The number of aromatic nitrogens is 1. The molecule has 0 saturated heterocycles. The van der Waals surface area contributed by atoms with Crippen LogP contribution in [-0.2, 0) is 26.1 Å². The molecule has 0 saturated carbocycles. The van der Waals surface area contributed by atoms with Crippen LogP contribution in [0.4, 0.5) is 11.4 Å². The Morgan fingerprint density at radius 1 is 1.32 bits per heavy atom. The predicted octanol–water partition coefficient (Wildman–Crippen LogP) is 0.367. The Morgan fingerprint density at radius 2 is 2.08 bits per heavy atom. The van der Waals surface area contributed by atoms with E-state index in [-0.39, 0.29) is 17.5 Å². The van der Waals surface area contributed by atoms with Crippen molar-refractivity contribution in [1.82, 2.24) is 4.98 Å². The zero-order valence-corrected chi connectivity index (χ0v) is 14.4. The van der Waals surface area contributed by atoms with E-state index in [0.29, 0.717) is 22.4 Å². The number of nitrogens with zero attached hydrogens (tertiary/aromatic N) is 1. The van der Waals surface area contributed by atoms with Crippen molar-refractivity contribution in [3.8, 4) is 0 Å². The van der Waals surface area contributed by atoms with Crippen molar-refractivity contribution in [2.24, 2.45) is 0 Å². The number of hydrogen-bond donors (Lipinski definition) is 3. The molecule has 0 unspecified atom stereocenters. The first-order valence-corrected chi connectivity index (χ1v) is 8.94. The number of anilines is 2.